The Kier molecular flexibility index (Phi) is 13.4. The van der Waals surface area contributed by atoms with E-state index in [1.54, 1.807) is 11.9 Å². The molecule has 4 aliphatic rings. The van der Waals surface area contributed by atoms with Crippen LogP contribution in [0.5, 0.6) is 11.5 Å². The minimum Gasteiger partial charge on any atom is -0.482 e. The van der Waals surface area contributed by atoms with Crippen LogP contribution in [0.25, 0.3) is 0 Å². The summed E-state index contributed by atoms with van der Waals surface area (Å²) in [5.41, 5.74) is 4.06. The van der Waals surface area contributed by atoms with E-state index in [1.807, 2.05) is 36.8 Å². The number of anilines is 2. The van der Waals surface area contributed by atoms with Gasteiger partial charge in [-0.25, -0.2) is 0 Å². The normalized spacial score (nSPS) is 21.4. The van der Waals surface area contributed by atoms with Crippen molar-refractivity contribution in [3.8, 4) is 11.5 Å². The SMILES string of the molecule is CB(O)N1CCCC(Cc2ccc3c(c2)N(C)C(=O)CO3)C1.CB(O)N1CCCC(Cc2ccc3c(c2)NC(=O)CO3)C1.CI. The lowest BCUT2D eigenvalue weighted by molar-refractivity contribution is -0.121. The third-order valence-corrected chi connectivity index (χ3v) is 8.99. The number of nitrogens with zero attached hydrogens (tertiary/aromatic N) is 3. The second-order valence-corrected chi connectivity index (χ2v) is 12.4. The second-order valence-electron chi connectivity index (χ2n) is 12.4. The van der Waals surface area contributed by atoms with Gasteiger partial charge >= 0.3 is 14.1 Å². The van der Waals surface area contributed by atoms with Gasteiger partial charge in [0.25, 0.3) is 11.8 Å². The topological polar surface area (TPSA) is 115 Å². The highest BCUT2D eigenvalue weighted by atomic mass is 127. The number of fused-ring (bicyclic) bond motifs is 2. The van der Waals surface area contributed by atoms with Crippen molar-refractivity contribution >= 4 is 59.9 Å². The molecule has 0 saturated carbocycles. The maximum absolute atomic E-state index is 11.7. The molecule has 3 N–H and O–H groups in total. The molecule has 10 nitrogen and oxygen atoms in total. The molecule has 0 bridgehead atoms. The van der Waals surface area contributed by atoms with Gasteiger partial charge in [-0.1, -0.05) is 34.7 Å². The van der Waals surface area contributed by atoms with Crippen molar-refractivity contribution in [3.63, 3.8) is 0 Å². The highest BCUT2D eigenvalue weighted by molar-refractivity contribution is 14.1. The Morgan fingerprint density at radius 1 is 0.844 bits per heavy atom. The molecule has 2 unspecified atom stereocenters. The predicted molar refractivity (Wildman–Crippen MR) is 190 cm³/mol. The van der Waals surface area contributed by atoms with Crippen LogP contribution in [0.2, 0.25) is 13.6 Å². The zero-order valence-electron chi connectivity index (χ0n) is 27.0. The molecule has 2 amide bonds. The Hall–Kier alpha value is -2.32. The number of carbonyl (C=O) groups is 2. The summed E-state index contributed by atoms with van der Waals surface area (Å²) in [5.74, 6) is 2.51. The Morgan fingerprint density at radius 2 is 1.38 bits per heavy atom. The molecule has 2 aromatic carbocycles. The van der Waals surface area contributed by atoms with Gasteiger partial charge in [-0.2, -0.15) is 0 Å². The van der Waals surface area contributed by atoms with Gasteiger partial charge < -0.3 is 39.4 Å². The molecule has 2 fully saturated rings. The lowest BCUT2D eigenvalue weighted by Gasteiger charge is -2.34. The van der Waals surface area contributed by atoms with E-state index in [4.69, 9.17) is 9.47 Å². The zero-order valence-corrected chi connectivity index (χ0v) is 29.2. The van der Waals surface area contributed by atoms with Crippen LogP contribution < -0.4 is 19.7 Å². The quantitative estimate of drug-likeness (QED) is 0.234. The van der Waals surface area contributed by atoms with Gasteiger partial charge in [0.2, 0.25) is 0 Å². The predicted octanol–water partition coefficient (Wildman–Crippen LogP) is 3.84. The van der Waals surface area contributed by atoms with E-state index < -0.39 is 0 Å². The van der Waals surface area contributed by atoms with Crippen LogP contribution in [0.4, 0.5) is 11.4 Å². The summed E-state index contributed by atoms with van der Waals surface area (Å²) >= 11 is 2.15. The molecule has 244 valence electrons. The van der Waals surface area contributed by atoms with Crippen molar-refractivity contribution in [1.29, 1.82) is 0 Å². The summed E-state index contributed by atoms with van der Waals surface area (Å²) in [5, 5.41) is 22.3. The number of halogens is 1. The van der Waals surface area contributed by atoms with Crippen LogP contribution in [0, 0.1) is 11.8 Å². The zero-order chi connectivity index (χ0) is 32.5. The van der Waals surface area contributed by atoms with Crippen molar-refractivity contribution in [1.82, 2.24) is 9.62 Å². The van der Waals surface area contributed by atoms with Crippen LogP contribution in [0.3, 0.4) is 0 Å². The molecule has 0 aromatic heterocycles. The Labute approximate surface area is 282 Å². The average Bonchev–Trinajstić information content (AvgIpc) is 3.04. The molecule has 2 aromatic rings. The molecular formula is C32H47B2IN4O6. The lowest BCUT2D eigenvalue weighted by atomic mass is 9.79. The Morgan fingerprint density at radius 3 is 1.96 bits per heavy atom. The first-order valence-corrected chi connectivity index (χ1v) is 18.1. The fourth-order valence-electron chi connectivity index (χ4n) is 6.58. The van der Waals surface area contributed by atoms with Crippen molar-refractivity contribution in [3.05, 3.63) is 47.5 Å². The maximum Gasteiger partial charge on any atom is 0.376 e. The molecule has 0 aliphatic carbocycles. The summed E-state index contributed by atoms with van der Waals surface area (Å²) in [7, 11) is 1.05. The fourth-order valence-corrected chi connectivity index (χ4v) is 6.58. The molecule has 4 heterocycles. The molecule has 0 radical (unpaired) electrons. The van der Waals surface area contributed by atoms with E-state index in [0.717, 1.165) is 74.7 Å². The van der Waals surface area contributed by atoms with E-state index in [0.29, 0.717) is 11.8 Å². The number of hydrogen-bond acceptors (Lipinski definition) is 8. The minimum absolute atomic E-state index is 0.0115. The number of ether oxygens (including phenoxy) is 2. The lowest BCUT2D eigenvalue weighted by Crippen LogP contribution is -2.44. The number of nitrogens with one attached hydrogen (secondary N) is 1. The van der Waals surface area contributed by atoms with Crippen LogP contribution in [-0.4, -0.2) is 97.0 Å². The van der Waals surface area contributed by atoms with Crippen molar-refractivity contribution in [2.75, 3.05) is 61.6 Å². The molecule has 4 aliphatic heterocycles. The van der Waals surface area contributed by atoms with Crippen LogP contribution in [-0.2, 0) is 22.4 Å². The summed E-state index contributed by atoms with van der Waals surface area (Å²) in [6.45, 7) is 7.68. The van der Waals surface area contributed by atoms with Crippen LogP contribution in [0.1, 0.15) is 36.8 Å². The molecule has 2 saturated heterocycles. The smallest absolute Gasteiger partial charge is 0.376 e. The van der Waals surface area contributed by atoms with E-state index in [-0.39, 0.29) is 39.1 Å². The number of benzene rings is 2. The van der Waals surface area contributed by atoms with Gasteiger partial charge in [-0.05, 0) is 131 Å². The number of carbonyl (C=O) groups excluding carboxylic acids is 2. The van der Waals surface area contributed by atoms with Crippen LogP contribution in [0.15, 0.2) is 36.4 Å². The Bertz CT molecular complexity index is 1300. The van der Waals surface area contributed by atoms with Gasteiger partial charge in [0.1, 0.15) is 11.5 Å². The van der Waals surface area contributed by atoms with E-state index >= 15 is 0 Å². The number of likely N-dealkylation sites (N-methyl/N-ethyl adjacent to an activating group) is 1. The standard InChI is InChI=1S/C16H23BN2O3.C15H21BN2O3.CH3I/c1-17(21)19-7-3-4-13(10-19)8-12-5-6-15-14(9-12)18(2)16(20)11-22-15;1-16(20)18-6-2-3-12(9-18)7-11-4-5-14-13(8-11)17-15(19)10-21-14;1-2/h5-6,9,13,21H,3-4,7-8,10-11H2,1-2H3;4-5,8,12,20H,2-3,6-7,9-10H2,1H3,(H,17,19);1H3. The number of rotatable bonds is 6. The van der Waals surface area contributed by atoms with Crippen molar-refractivity contribution in [2.24, 2.45) is 11.8 Å². The molecule has 6 rings (SSSR count). The van der Waals surface area contributed by atoms with Gasteiger partial charge in [-0.3, -0.25) is 9.59 Å². The number of piperidine rings is 2. The average molecular weight is 732 g/mol. The van der Waals surface area contributed by atoms with Crippen molar-refractivity contribution in [2.45, 2.75) is 52.2 Å². The third-order valence-electron chi connectivity index (χ3n) is 8.99. The highest BCUT2D eigenvalue weighted by Crippen LogP contribution is 2.34. The van der Waals surface area contributed by atoms with E-state index in [2.05, 4.69) is 55.7 Å². The van der Waals surface area contributed by atoms with Gasteiger partial charge in [0.15, 0.2) is 13.2 Å². The summed E-state index contributed by atoms with van der Waals surface area (Å²) in [6.07, 6.45) is 6.56. The molecule has 2 atom stereocenters. The van der Waals surface area contributed by atoms with E-state index in [1.165, 1.54) is 24.0 Å². The van der Waals surface area contributed by atoms with Gasteiger partial charge in [0, 0.05) is 7.05 Å². The molecule has 13 heteroatoms. The van der Waals surface area contributed by atoms with Crippen LogP contribution >= 0.6 is 22.6 Å². The molecule has 45 heavy (non-hydrogen) atoms. The first kappa shape index (κ1) is 35.5. The van der Waals surface area contributed by atoms with Gasteiger partial charge in [0.05, 0.1) is 11.4 Å². The Balaban J connectivity index is 0.000000194. The molecule has 0 spiro atoms. The number of alkyl halides is 1. The summed E-state index contributed by atoms with van der Waals surface area (Å²) in [6, 6.07) is 12.1. The minimum atomic E-state index is -0.372. The largest absolute Gasteiger partial charge is 0.482 e. The summed E-state index contributed by atoms with van der Waals surface area (Å²) in [4.78, 5) is 31.0. The monoisotopic (exact) mass is 732 g/mol. The fraction of sp³-hybridized carbons (Fsp3) is 0.562. The van der Waals surface area contributed by atoms with Crippen molar-refractivity contribution < 1.29 is 29.1 Å². The highest BCUT2D eigenvalue weighted by Gasteiger charge is 2.27. The molecular weight excluding hydrogens is 685 g/mol. The third kappa shape index (κ3) is 9.84. The number of hydrogen-bond donors (Lipinski definition) is 3. The first-order valence-electron chi connectivity index (χ1n) is 16.0. The second kappa shape index (κ2) is 17.0. The van der Waals surface area contributed by atoms with Gasteiger partial charge in [-0.15, -0.1) is 0 Å². The number of amides is 2. The van der Waals surface area contributed by atoms with E-state index in [9.17, 15) is 19.6 Å². The summed E-state index contributed by atoms with van der Waals surface area (Å²) < 4.78 is 10.8. The first-order chi connectivity index (χ1) is 21.7. The maximum atomic E-state index is 11.7.